The average molecular weight is 259 g/mol. The summed E-state index contributed by atoms with van der Waals surface area (Å²) in [6, 6.07) is -1.37. The van der Waals surface area contributed by atoms with Gasteiger partial charge in [-0.15, -0.1) is 0 Å². The molecule has 0 saturated heterocycles. The standard InChI is InChI=1S/C11H21N3O4/c1-8(14-11(12)17)10(16)13-7-5-3-4-6-9(15)18-2/h8H,3-7H2,1-2H3,(H,13,16)(H3,12,14,17). The molecule has 0 aromatic carbocycles. The number of primary amides is 1. The van der Waals surface area contributed by atoms with Gasteiger partial charge in [0.15, 0.2) is 0 Å². The number of unbranched alkanes of at least 4 members (excludes halogenated alkanes) is 2. The second-order valence-corrected chi connectivity index (χ2v) is 3.91. The van der Waals surface area contributed by atoms with Gasteiger partial charge in [0, 0.05) is 13.0 Å². The van der Waals surface area contributed by atoms with Gasteiger partial charge in [-0.1, -0.05) is 6.42 Å². The summed E-state index contributed by atoms with van der Waals surface area (Å²) in [5.74, 6) is -0.500. The monoisotopic (exact) mass is 259 g/mol. The predicted octanol–water partition coefficient (Wildman–Crippen LogP) is -0.107. The van der Waals surface area contributed by atoms with E-state index in [1.54, 1.807) is 6.92 Å². The van der Waals surface area contributed by atoms with Crippen LogP contribution in [0.3, 0.4) is 0 Å². The fraction of sp³-hybridized carbons (Fsp3) is 0.727. The maximum absolute atomic E-state index is 11.4. The molecule has 0 bridgehead atoms. The molecule has 104 valence electrons. The van der Waals surface area contributed by atoms with E-state index in [-0.39, 0.29) is 11.9 Å². The van der Waals surface area contributed by atoms with Gasteiger partial charge in [0.2, 0.25) is 5.91 Å². The number of nitrogens with two attached hydrogens (primary N) is 1. The van der Waals surface area contributed by atoms with Gasteiger partial charge in [-0.25, -0.2) is 4.79 Å². The molecule has 0 rings (SSSR count). The Morgan fingerprint density at radius 1 is 1.22 bits per heavy atom. The first-order valence-corrected chi connectivity index (χ1v) is 5.88. The molecular formula is C11H21N3O4. The third-order valence-corrected chi connectivity index (χ3v) is 2.34. The third kappa shape index (κ3) is 8.37. The maximum Gasteiger partial charge on any atom is 0.312 e. The number of nitrogens with one attached hydrogen (secondary N) is 2. The fourth-order valence-electron chi connectivity index (χ4n) is 1.32. The minimum absolute atomic E-state index is 0.224. The largest absolute Gasteiger partial charge is 0.469 e. The van der Waals surface area contributed by atoms with Crippen molar-refractivity contribution in [1.82, 2.24) is 10.6 Å². The lowest BCUT2D eigenvalue weighted by molar-refractivity contribution is -0.140. The van der Waals surface area contributed by atoms with Crippen LogP contribution in [0.15, 0.2) is 0 Å². The van der Waals surface area contributed by atoms with Crippen LogP contribution < -0.4 is 16.4 Å². The molecule has 0 aromatic heterocycles. The van der Waals surface area contributed by atoms with Crippen molar-refractivity contribution in [3.8, 4) is 0 Å². The van der Waals surface area contributed by atoms with Gasteiger partial charge in [-0.3, -0.25) is 9.59 Å². The molecule has 0 aromatic rings. The van der Waals surface area contributed by atoms with Crippen LogP contribution in [0.2, 0.25) is 0 Å². The number of urea groups is 1. The number of ether oxygens (including phenoxy) is 1. The van der Waals surface area contributed by atoms with Crippen LogP contribution in [0.25, 0.3) is 0 Å². The lowest BCUT2D eigenvalue weighted by Gasteiger charge is -2.12. The van der Waals surface area contributed by atoms with E-state index in [1.807, 2.05) is 0 Å². The van der Waals surface area contributed by atoms with Gasteiger partial charge in [0.05, 0.1) is 7.11 Å². The van der Waals surface area contributed by atoms with Gasteiger partial charge in [0.25, 0.3) is 0 Å². The smallest absolute Gasteiger partial charge is 0.312 e. The van der Waals surface area contributed by atoms with E-state index in [9.17, 15) is 14.4 Å². The van der Waals surface area contributed by atoms with Gasteiger partial charge in [-0.2, -0.15) is 0 Å². The molecule has 1 unspecified atom stereocenters. The maximum atomic E-state index is 11.4. The number of amides is 3. The molecule has 0 radical (unpaired) electrons. The van der Waals surface area contributed by atoms with Crippen molar-refractivity contribution in [2.75, 3.05) is 13.7 Å². The predicted molar refractivity (Wildman–Crippen MR) is 65.7 cm³/mol. The number of rotatable bonds is 8. The molecule has 0 aliphatic carbocycles. The summed E-state index contributed by atoms with van der Waals surface area (Å²) in [6.07, 6.45) is 2.72. The normalized spacial score (nSPS) is 11.4. The highest BCUT2D eigenvalue weighted by Gasteiger charge is 2.12. The lowest BCUT2D eigenvalue weighted by atomic mass is 10.2. The van der Waals surface area contributed by atoms with Crippen molar-refractivity contribution in [2.24, 2.45) is 5.73 Å². The van der Waals surface area contributed by atoms with Crippen LogP contribution in [-0.4, -0.2) is 37.6 Å². The first-order chi connectivity index (χ1) is 8.47. The number of methoxy groups -OCH3 is 1. The Morgan fingerprint density at radius 3 is 2.44 bits per heavy atom. The molecule has 7 heteroatoms. The van der Waals surface area contributed by atoms with E-state index in [1.165, 1.54) is 7.11 Å². The van der Waals surface area contributed by atoms with E-state index in [0.717, 1.165) is 19.3 Å². The number of hydrogen-bond acceptors (Lipinski definition) is 4. The second kappa shape index (κ2) is 9.26. The molecular weight excluding hydrogens is 238 g/mol. The molecule has 0 fully saturated rings. The quantitative estimate of drug-likeness (QED) is 0.417. The Bertz CT molecular complexity index is 294. The summed E-state index contributed by atoms with van der Waals surface area (Å²) in [5.41, 5.74) is 4.89. The van der Waals surface area contributed by atoms with Gasteiger partial charge >= 0.3 is 12.0 Å². The van der Waals surface area contributed by atoms with E-state index < -0.39 is 12.1 Å². The van der Waals surface area contributed by atoms with Crippen LogP contribution >= 0.6 is 0 Å². The minimum atomic E-state index is -0.726. The molecule has 0 spiro atoms. The fourth-order valence-corrected chi connectivity index (χ4v) is 1.32. The van der Waals surface area contributed by atoms with Crippen molar-refractivity contribution in [2.45, 2.75) is 38.6 Å². The molecule has 18 heavy (non-hydrogen) atoms. The first kappa shape index (κ1) is 16.2. The Balaban J connectivity index is 3.51. The number of carbonyl (C=O) groups excluding carboxylic acids is 3. The van der Waals surface area contributed by atoms with Crippen molar-refractivity contribution in [3.05, 3.63) is 0 Å². The topological polar surface area (TPSA) is 111 Å². The summed E-state index contributed by atoms with van der Waals surface area (Å²) < 4.78 is 4.50. The molecule has 4 N–H and O–H groups in total. The molecule has 0 aliphatic rings. The summed E-state index contributed by atoms with van der Waals surface area (Å²) in [7, 11) is 1.36. The third-order valence-electron chi connectivity index (χ3n) is 2.34. The molecule has 0 saturated carbocycles. The van der Waals surface area contributed by atoms with Gasteiger partial charge in [0.1, 0.15) is 6.04 Å². The number of hydrogen-bond donors (Lipinski definition) is 3. The highest BCUT2D eigenvalue weighted by atomic mass is 16.5. The van der Waals surface area contributed by atoms with E-state index in [0.29, 0.717) is 13.0 Å². The van der Waals surface area contributed by atoms with Crippen LogP contribution in [-0.2, 0) is 14.3 Å². The summed E-state index contributed by atoms with van der Waals surface area (Å²) in [5, 5.41) is 4.95. The van der Waals surface area contributed by atoms with Crippen molar-refractivity contribution in [1.29, 1.82) is 0 Å². The molecule has 0 aliphatic heterocycles. The van der Waals surface area contributed by atoms with Crippen molar-refractivity contribution < 1.29 is 19.1 Å². The SMILES string of the molecule is COC(=O)CCCCCNC(=O)C(C)NC(N)=O. The molecule has 0 heterocycles. The summed E-state index contributed by atoms with van der Waals surface area (Å²) in [6.45, 7) is 2.06. The Labute approximate surface area is 106 Å². The minimum Gasteiger partial charge on any atom is -0.469 e. The Kier molecular flexibility index (Phi) is 8.34. The van der Waals surface area contributed by atoms with Crippen molar-refractivity contribution >= 4 is 17.9 Å². The van der Waals surface area contributed by atoms with E-state index in [4.69, 9.17) is 5.73 Å². The Morgan fingerprint density at radius 2 is 1.89 bits per heavy atom. The number of carbonyl (C=O) groups is 3. The molecule has 1 atom stereocenters. The molecule has 3 amide bonds. The van der Waals surface area contributed by atoms with Crippen LogP contribution in [0, 0.1) is 0 Å². The second-order valence-electron chi connectivity index (χ2n) is 3.91. The average Bonchev–Trinajstić information content (AvgIpc) is 2.31. The molecule has 7 nitrogen and oxygen atoms in total. The Hall–Kier alpha value is -1.79. The van der Waals surface area contributed by atoms with Gasteiger partial charge in [-0.05, 0) is 19.8 Å². The lowest BCUT2D eigenvalue weighted by Crippen LogP contribution is -2.46. The zero-order valence-corrected chi connectivity index (χ0v) is 10.8. The van der Waals surface area contributed by atoms with Crippen molar-refractivity contribution in [3.63, 3.8) is 0 Å². The summed E-state index contributed by atoms with van der Waals surface area (Å²) >= 11 is 0. The van der Waals surface area contributed by atoms with E-state index >= 15 is 0 Å². The zero-order chi connectivity index (χ0) is 14.0. The van der Waals surface area contributed by atoms with Crippen LogP contribution in [0.4, 0.5) is 4.79 Å². The highest BCUT2D eigenvalue weighted by molar-refractivity contribution is 5.86. The number of esters is 1. The van der Waals surface area contributed by atoms with Crippen LogP contribution in [0.5, 0.6) is 0 Å². The van der Waals surface area contributed by atoms with E-state index in [2.05, 4.69) is 15.4 Å². The highest BCUT2D eigenvalue weighted by Crippen LogP contribution is 2.00. The first-order valence-electron chi connectivity index (χ1n) is 5.88. The van der Waals surface area contributed by atoms with Crippen LogP contribution in [0.1, 0.15) is 32.6 Å². The van der Waals surface area contributed by atoms with Gasteiger partial charge < -0.3 is 21.1 Å². The zero-order valence-electron chi connectivity index (χ0n) is 10.8. The summed E-state index contributed by atoms with van der Waals surface area (Å²) in [4.78, 5) is 32.7.